The minimum Gasteiger partial charge on any atom is -0.493 e. The number of thioether (sulfide) groups is 1. The number of nitrogens with zero attached hydrogens (tertiary/aromatic N) is 2. The summed E-state index contributed by atoms with van der Waals surface area (Å²) in [5.74, 6) is 0.656. The number of aromatic nitrogens is 2. The number of hydrogen-bond acceptors (Lipinski definition) is 4. The van der Waals surface area contributed by atoms with Crippen molar-refractivity contribution >= 4 is 40.4 Å². The molecule has 0 unspecified atom stereocenters. The summed E-state index contributed by atoms with van der Waals surface area (Å²) < 4.78 is 7.64. The van der Waals surface area contributed by atoms with E-state index in [0.717, 1.165) is 21.9 Å². The van der Waals surface area contributed by atoms with E-state index in [4.69, 9.17) is 21.4 Å². The van der Waals surface area contributed by atoms with Crippen LogP contribution in [0.2, 0.25) is 5.02 Å². The highest BCUT2D eigenvalue weighted by atomic mass is 35.5. The molecule has 0 saturated carbocycles. The standard InChI is InChI=1S/C18H17ClN2O3S/c19-13-5-7-14(8-6-13)24-11-12-25-18-20-15-3-1-2-4-16(15)21(18)10-9-17(22)23/h1-8H,9-12H2,(H,22,23). The lowest BCUT2D eigenvalue weighted by atomic mass is 10.3. The molecule has 0 saturated heterocycles. The summed E-state index contributed by atoms with van der Waals surface area (Å²) in [5.41, 5.74) is 1.82. The minimum atomic E-state index is -0.820. The number of ether oxygens (including phenoxy) is 1. The zero-order chi connectivity index (χ0) is 17.6. The Morgan fingerprint density at radius 3 is 2.72 bits per heavy atom. The molecule has 5 nitrogen and oxygen atoms in total. The van der Waals surface area contributed by atoms with E-state index in [9.17, 15) is 4.79 Å². The summed E-state index contributed by atoms with van der Waals surface area (Å²) >= 11 is 7.40. The summed E-state index contributed by atoms with van der Waals surface area (Å²) in [6.07, 6.45) is 0.0647. The molecule has 3 aromatic rings. The highest BCUT2D eigenvalue weighted by molar-refractivity contribution is 7.99. The Morgan fingerprint density at radius 2 is 1.96 bits per heavy atom. The summed E-state index contributed by atoms with van der Waals surface area (Å²) in [4.78, 5) is 15.5. The molecule has 7 heteroatoms. The summed E-state index contributed by atoms with van der Waals surface area (Å²) in [6.45, 7) is 0.921. The molecule has 0 spiro atoms. The van der Waals surface area contributed by atoms with Gasteiger partial charge in [0, 0.05) is 17.3 Å². The maximum Gasteiger partial charge on any atom is 0.305 e. The van der Waals surface area contributed by atoms with Gasteiger partial charge in [-0.15, -0.1) is 0 Å². The van der Waals surface area contributed by atoms with Crippen molar-refractivity contribution in [2.45, 2.75) is 18.1 Å². The molecule has 1 aromatic heterocycles. The Morgan fingerprint density at radius 1 is 1.20 bits per heavy atom. The molecule has 0 aliphatic carbocycles. The van der Waals surface area contributed by atoms with Gasteiger partial charge in [-0.25, -0.2) is 4.98 Å². The van der Waals surface area contributed by atoms with Gasteiger partial charge in [0.25, 0.3) is 0 Å². The molecule has 0 atom stereocenters. The van der Waals surface area contributed by atoms with Gasteiger partial charge < -0.3 is 14.4 Å². The van der Waals surface area contributed by atoms with Gasteiger partial charge in [-0.3, -0.25) is 4.79 Å². The predicted molar refractivity (Wildman–Crippen MR) is 99.7 cm³/mol. The van der Waals surface area contributed by atoms with Crippen LogP contribution in [-0.2, 0) is 11.3 Å². The fourth-order valence-electron chi connectivity index (χ4n) is 2.41. The Bertz CT molecular complexity index is 864. The van der Waals surface area contributed by atoms with Gasteiger partial charge >= 0.3 is 5.97 Å². The number of fused-ring (bicyclic) bond motifs is 1. The second-order valence-corrected chi connectivity index (χ2v) is 6.83. The molecule has 25 heavy (non-hydrogen) atoms. The first-order valence-corrected chi connectivity index (χ1v) is 9.18. The molecular weight excluding hydrogens is 360 g/mol. The molecule has 1 N–H and O–H groups in total. The van der Waals surface area contributed by atoms with Crippen LogP contribution in [0, 0.1) is 0 Å². The van der Waals surface area contributed by atoms with Gasteiger partial charge in [0.15, 0.2) is 5.16 Å². The smallest absolute Gasteiger partial charge is 0.305 e. The van der Waals surface area contributed by atoms with E-state index >= 15 is 0 Å². The third kappa shape index (κ3) is 4.67. The van der Waals surface area contributed by atoms with Crippen molar-refractivity contribution in [1.82, 2.24) is 9.55 Å². The van der Waals surface area contributed by atoms with E-state index in [1.165, 1.54) is 0 Å². The van der Waals surface area contributed by atoms with Crippen LogP contribution in [0.3, 0.4) is 0 Å². The third-order valence-electron chi connectivity index (χ3n) is 3.57. The average Bonchev–Trinajstić information content (AvgIpc) is 2.96. The lowest BCUT2D eigenvalue weighted by Gasteiger charge is -2.08. The molecule has 0 bridgehead atoms. The molecule has 130 valence electrons. The second kappa shape index (κ2) is 8.27. The molecular formula is C18H17ClN2O3S. The first-order valence-electron chi connectivity index (χ1n) is 7.82. The lowest BCUT2D eigenvalue weighted by molar-refractivity contribution is -0.137. The van der Waals surface area contributed by atoms with Gasteiger partial charge in [0.05, 0.1) is 24.1 Å². The van der Waals surface area contributed by atoms with Crippen molar-refractivity contribution in [3.05, 3.63) is 53.6 Å². The Hall–Kier alpha value is -2.18. The van der Waals surface area contributed by atoms with Crippen LogP contribution >= 0.6 is 23.4 Å². The lowest BCUT2D eigenvalue weighted by Crippen LogP contribution is -2.07. The van der Waals surface area contributed by atoms with Crippen LogP contribution in [0.5, 0.6) is 5.75 Å². The highest BCUT2D eigenvalue weighted by Crippen LogP contribution is 2.24. The largest absolute Gasteiger partial charge is 0.493 e. The van der Waals surface area contributed by atoms with E-state index in [0.29, 0.717) is 23.9 Å². The van der Waals surface area contributed by atoms with E-state index in [1.54, 1.807) is 23.9 Å². The number of hydrogen-bond donors (Lipinski definition) is 1. The molecule has 0 fully saturated rings. The first kappa shape index (κ1) is 17.6. The fraction of sp³-hybridized carbons (Fsp3) is 0.222. The number of benzene rings is 2. The van der Waals surface area contributed by atoms with Crippen LogP contribution in [0.25, 0.3) is 11.0 Å². The third-order valence-corrected chi connectivity index (χ3v) is 4.76. The van der Waals surface area contributed by atoms with Crippen molar-refractivity contribution in [2.75, 3.05) is 12.4 Å². The monoisotopic (exact) mass is 376 g/mol. The number of carboxylic acid groups (broad SMARTS) is 1. The Labute approximate surface area is 154 Å². The van der Waals surface area contributed by atoms with Crippen molar-refractivity contribution in [1.29, 1.82) is 0 Å². The second-order valence-electron chi connectivity index (χ2n) is 5.33. The van der Waals surface area contributed by atoms with Crippen molar-refractivity contribution < 1.29 is 14.6 Å². The van der Waals surface area contributed by atoms with Crippen LogP contribution < -0.4 is 4.74 Å². The Balaban J connectivity index is 1.64. The first-order chi connectivity index (χ1) is 12.1. The summed E-state index contributed by atoms with van der Waals surface area (Å²) in [5, 5.41) is 10.4. The maximum absolute atomic E-state index is 10.9. The number of carboxylic acids is 1. The number of halogens is 1. The number of aliphatic carboxylic acids is 1. The van der Waals surface area contributed by atoms with Gasteiger partial charge in [-0.1, -0.05) is 35.5 Å². The number of carbonyl (C=O) groups is 1. The predicted octanol–water partition coefficient (Wildman–Crippen LogP) is 4.34. The zero-order valence-corrected chi connectivity index (χ0v) is 15.0. The van der Waals surface area contributed by atoms with Gasteiger partial charge in [0.2, 0.25) is 0 Å². The molecule has 0 aliphatic heterocycles. The maximum atomic E-state index is 10.9. The number of rotatable bonds is 8. The molecule has 2 aromatic carbocycles. The van der Waals surface area contributed by atoms with Crippen molar-refractivity contribution in [3.63, 3.8) is 0 Å². The molecule has 0 aliphatic rings. The fourth-order valence-corrected chi connectivity index (χ4v) is 3.39. The van der Waals surface area contributed by atoms with Crippen LogP contribution in [-0.4, -0.2) is 33.0 Å². The summed E-state index contributed by atoms with van der Waals surface area (Å²) in [6, 6.07) is 15.0. The van der Waals surface area contributed by atoms with E-state index < -0.39 is 5.97 Å². The average molecular weight is 377 g/mol. The minimum absolute atomic E-state index is 0.0647. The molecule has 3 rings (SSSR count). The van der Waals surface area contributed by atoms with Crippen molar-refractivity contribution in [3.8, 4) is 5.75 Å². The topological polar surface area (TPSA) is 64.3 Å². The zero-order valence-electron chi connectivity index (χ0n) is 13.4. The van der Waals surface area contributed by atoms with E-state index in [2.05, 4.69) is 4.98 Å². The highest BCUT2D eigenvalue weighted by Gasteiger charge is 2.12. The number of imidazole rings is 1. The molecule has 0 radical (unpaired) electrons. The number of para-hydroxylation sites is 2. The van der Waals surface area contributed by atoms with E-state index in [-0.39, 0.29) is 6.42 Å². The van der Waals surface area contributed by atoms with Crippen molar-refractivity contribution in [2.24, 2.45) is 0 Å². The number of aryl methyl sites for hydroxylation is 1. The molecule has 1 heterocycles. The Kier molecular flexibility index (Phi) is 5.83. The van der Waals surface area contributed by atoms with Gasteiger partial charge in [0.1, 0.15) is 5.75 Å². The van der Waals surface area contributed by atoms with E-state index in [1.807, 2.05) is 41.0 Å². The van der Waals surface area contributed by atoms with Crippen LogP contribution in [0.1, 0.15) is 6.42 Å². The summed E-state index contributed by atoms with van der Waals surface area (Å²) in [7, 11) is 0. The van der Waals surface area contributed by atoms with Crippen LogP contribution in [0.15, 0.2) is 53.7 Å². The van der Waals surface area contributed by atoms with Gasteiger partial charge in [-0.2, -0.15) is 0 Å². The van der Waals surface area contributed by atoms with Gasteiger partial charge in [-0.05, 0) is 36.4 Å². The SMILES string of the molecule is O=C(O)CCn1c(SCCOc2ccc(Cl)cc2)nc2ccccc21. The van der Waals surface area contributed by atoms with Crippen LogP contribution in [0.4, 0.5) is 0 Å². The quantitative estimate of drug-likeness (QED) is 0.468. The molecule has 0 amide bonds. The normalized spacial score (nSPS) is 10.9.